The van der Waals surface area contributed by atoms with Gasteiger partial charge in [0.25, 0.3) is 0 Å². The molecule has 2 atom stereocenters. The highest BCUT2D eigenvalue weighted by atomic mass is 35.5. The Kier molecular flexibility index (Phi) is 6.02. The van der Waals surface area contributed by atoms with Crippen LogP contribution >= 0.6 is 12.4 Å². The summed E-state index contributed by atoms with van der Waals surface area (Å²) in [6.45, 7) is 4.10. The number of hydrogen-bond acceptors (Lipinski definition) is 2. The minimum atomic E-state index is -0.488. The Balaban J connectivity index is 0.00000225. The quantitative estimate of drug-likeness (QED) is 0.885. The van der Waals surface area contributed by atoms with E-state index in [1.807, 2.05) is 13.0 Å². The Morgan fingerprint density at radius 1 is 1.50 bits per heavy atom. The lowest BCUT2D eigenvalue weighted by Gasteiger charge is -2.18. The van der Waals surface area contributed by atoms with Crippen LogP contribution in [0.25, 0.3) is 0 Å². The Morgan fingerprint density at radius 2 is 2.12 bits per heavy atom. The fourth-order valence-corrected chi connectivity index (χ4v) is 1.42. The molecule has 1 rings (SSSR count). The first kappa shape index (κ1) is 14.9. The lowest BCUT2D eigenvalue weighted by molar-refractivity contribution is 0.456. The fourth-order valence-electron chi connectivity index (χ4n) is 1.42. The molecule has 0 fully saturated rings. The zero-order valence-electron chi connectivity index (χ0n) is 9.40. The Labute approximate surface area is 102 Å². The largest absolute Gasteiger partial charge is 0.324 e. The van der Waals surface area contributed by atoms with Gasteiger partial charge < -0.3 is 5.73 Å². The number of benzene rings is 1. The van der Waals surface area contributed by atoms with Gasteiger partial charge in [-0.25, -0.2) is 4.39 Å². The smallest absolute Gasteiger partial charge is 0.140 e. The second-order valence-corrected chi connectivity index (χ2v) is 3.76. The lowest BCUT2D eigenvalue weighted by Crippen LogP contribution is -2.18. The van der Waals surface area contributed by atoms with Gasteiger partial charge in [0.05, 0.1) is 5.56 Å². The van der Waals surface area contributed by atoms with Gasteiger partial charge in [0, 0.05) is 6.04 Å². The van der Waals surface area contributed by atoms with E-state index in [2.05, 4.69) is 6.92 Å². The number of hydrogen-bond donors (Lipinski definition) is 1. The van der Waals surface area contributed by atoms with Gasteiger partial charge in [0.2, 0.25) is 0 Å². The minimum absolute atomic E-state index is 0. The highest BCUT2D eigenvalue weighted by molar-refractivity contribution is 5.85. The molecule has 2 nitrogen and oxygen atoms in total. The van der Waals surface area contributed by atoms with Crippen molar-refractivity contribution in [2.45, 2.75) is 26.3 Å². The topological polar surface area (TPSA) is 49.8 Å². The van der Waals surface area contributed by atoms with Gasteiger partial charge in [0.1, 0.15) is 11.9 Å². The molecule has 0 aliphatic rings. The molecule has 0 heterocycles. The fraction of sp³-hybridized carbons (Fsp3) is 0.417. The van der Waals surface area contributed by atoms with E-state index >= 15 is 0 Å². The van der Waals surface area contributed by atoms with Crippen LogP contribution in [0.4, 0.5) is 4.39 Å². The van der Waals surface area contributed by atoms with Crippen molar-refractivity contribution in [2.24, 2.45) is 11.7 Å². The minimum Gasteiger partial charge on any atom is -0.324 e. The monoisotopic (exact) mass is 242 g/mol. The van der Waals surface area contributed by atoms with Crippen molar-refractivity contribution >= 4 is 12.4 Å². The van der Waals surface area contributed by atoms with Crippen molar-refractivity contribution in [1.29, 1.82) is 5.26 Å². The van der Waals surface area contributed by atoms with Gasteiger partial charge in [0.15, 0.2) is 0 Å². The van der Waals surface area contributed by atoms with Gasteiger partial charge in [-0.05, 0) is 23.6 Å². The molecule has 0 amide bonds. The van der Waals surface area contributed by atoms with E-state index in [0.717, 1.165) is 12.0 Å². The molecule has 1 unspecified atom stereocenters. The van der Waals surface area contributed by atoms with Crippen molar-refractivity contribution in [2.75, 3.05) is 0 Å². The van der Waals surface area contributed by atoms with Gasteiger partial charge in [-0.15, -0.1) is 12.4 Å². The summed E-state index contributed by atoms with van der Waals surface area (Å²) >= 11 is 0. The summed E-state index contributed by atoms with van der Waals surface area (Å²) < 4.78 is 13.1. The summed E-state index contributed by atoms with van der Waals surface area (Å²) in [6.07, 6.45) is 0.959. The molecule has 16 heavy (non-hydrogen) atoms. The summed E-state index contributed by atoms with van der Waals surface area (Å²) in [5.41, 5.74) is 6.87. The number of nitrogens with zero attached hydrogens (tertiary/aromatic N) is 1. The third kappa shape index (κ3) is 3.19. The predicted octanol–water partition coefficient (Wildman–Crippen LogP) is 3.17. The summed E-state index contributed by atoms with van der Waals surface area (Å²) in [6, 6.07) is 6.16. The van der Waals surface area contributed by atoms with Crippen LogP contribution in [0.15, 0.2) is 18.2 Å². The van der Waals surface area contributed by atoms with Crippen LogP contribution in [0.1, 0.15) is 37.4 Å². The molecule has 0 aromatic heterocycles. The van der Waals surface area contributed by atoms with Crippen LogP contribution in [0.3, 0.4) is 0 Å². The van der Waals surface area contributed by atoms with Gasteiger partial charge in [-0.3, -0.25) is 0 Å². The van der Waals surface area contributed by atoms with E-state index in [0.29, 0.717) is 5.92 Å². The van der Waals surface area contributed by atoms with Crippen LogP contribution in [0.2, 0.25) is 0 Å². The van der Waals surface area contributed by atoms with Gasteiger partial charge in [-0.2, -0.15) is 5.26 Å². The lowest BCUT2D eigenvalue weighted by atomic mass is 9.92. The highest BCUT2D eigenvalue weighted by Gasteiger charge is 2.14. The highest BCUT2D eigenvalue weighted by Crippen LogP contribution is 2.23. The third-order valence-electron chi connectivity index (χ3n) is 2.75. The third-order valence-corrected chi connectivity index (χ3v) is 2.75. The molecule has 1 aromatic rings. The summed E-state index contributed by atoms with van der Waals surface area (Å²) in [7, 11) is 0. The Morgan fingerprint density at radius 3 is 2.62 bits per heavy atom. The molecule has 1 aromatic carbocycles. The molecule has 0 spiro atoms. The standard InChI is InChI=1S/C12H15FN2.ClH/c1-3-8(2)12(15)9-4-5-11(13)10(6-9)7-14;/h4-6,8,12H,3,15H2,1-2H3;1H/t8?,12-;/m1./s1. The first-order valence-corrected chi connectivity index (χ1v) is 5.05. The van der Waals surface area contributed by atoms with E-state index in [1.165, 1.54) is 12.1 Å². The van der Waals surface area contributed by atoms with Crippen LogP contribution in [-0.4, -0.2) is 0 Å². The van der Waals surface area contributed by atoms with Gasteiger partial charge in [-0.1, -0.05) is 26.3 Å². The van der Waals surface area contributed by atoms with Crippen LogP contribution in [0.5, 0.6) is 0 Å². The summed E-state index contributed by atoms with van der Waals surface area (Å²) in [5, 5.41) is 8.69. The van der Waals surface area contributed by atoms with E-state index < -0.39 is 5.82 Å². The van der Waals surface area contributed by atoms with E-state index in [9.17, 15) is 4.39 Å². The molecule has 0 bridgehead atoms. The second kappa shape index (κ2) is 6.47. The van der Waals surface area contributed by atoms with Crippen LogP contribution < -0.4 is 5.73 Å². The SMILES string of the molecule is CCC(C)[C@@H](N)c1ccc(F)c(C#N)c1.Cl. The van der Waals surface area contributed by atoms with Crippen molar-refractivity contribution in [3.8, 4) is 6.07 Å². The van der Waals surface area contributed by atoms with E-state index in [-0.39, 0.29) is 24.0 Å². The normalized spacial score (nSPS) is 13.4. The van der Waals surface area contributed by atoms with Crippen molar-refractivity contribution in [1.82, 2.24) is 0 Å². The molecule has 0 aliphatic carbocycles. The average molecular weight is 243 g/mol. The molecule has 88 valence electrons. The molecule has 0 saturated heterocycles. The zero-order chi connectivity index (χ0) is 11.4. The summed E-state index contributed by atoms with van der Waals surface area (Å²) in [5.74, 6) is -0.167. The average Bonchev–Trinajstić information content (AvgIpc) is 2.27. The maximum atomic E-state index is 13.1. The summed E-state index contributed by atoms with van der Waals surface area (Å²) in [4.78, 5) is 0. The maximum absolute atomic E-state index is 13.1. The molecule has 0 saturated carbocycles. The first-order chi connectivity index (χ1) is 7.10. The van der Waals surface area contributed by atoms with Crippen molar-refractivity contribution < 1.29 is 4.39 Å². The van der Waals surface area contributed by atoms with E-state index in [4.69, 9.17) is 11.0 Å². The molecule has 0 radical (unpaired) electrons. The van der Waals surface area contributed by atoms with E-state index in [1.54, 1.807) is 6.07 Å². The number of nitriles is 1. The molecule has 2 N–H and O–H groups in total. The molecule has 0 aliphatic heterocycles. The molecule has 4 heteroatoms. The van der Waals surface area contributed by atoms with Crippen LogP contribution in [0, 0.1) is 23.1 Å². The number of rotatable bonds is 3. The molecular weight excluding hydrogens is 227 g/mol. The second-order valence-electron chi connectivity index (χ2n) is 3.76. The predicted molar refractivity (Wildman–Crippen MR) is 64.7 cm³/mol. The molecular formula is C12H16ClFN2. The Bertz CT molecular complexity index is 387. The zero-order valence-corrected chi connectivity index (χ0v) is 10.2. The first-order valence-electron chi connectivity index (χ1n) is 5.05. The number of nitrogens with two attached hydrogens (primary N) is 1. The maximum Gasteiger partial charge on any atom is 0.140 e. The van der Waals surface area contributed by atoms with Crippen molar-refractivity contribution in [3.63, 3.8) is 0 Å². The van der Waals surface area contributed by atoms with Crippen molar-refractivity contribution in [3.05, 3.63) is 35.1 Å². The Hall–Kier alpha value is -1.11. The number of halogens is 2. The van der Waals surface area contributed by atoms with Crippen LogP contribution in [-0.2, 0) is 0 Å². The van der Waals surface area contributed by atoms with Gasteiger partial charge >= 0.3 is 0 Å².